The lowest BCUT2D eigenvalue weighted by Gasteiger charge is -2.02. The van der Waals surface area contributed by atoms with Crippen LogP contribution in [0.1, 0.15) is 11.1 Å². The minimum atomic E-state index is -0.00892. The summed E-state index contributed by atoms with van der Waals surface area (Å²) in [5.41, 5.74) is 2.69. The average molecular weight is 203 g/mol. The van der Waals surface area contributed by atoms with Crippen molar-refractivity contribution in [3.8, 4) is 0 Å². The lowest BCUT2D eigenvalue weighted by molar-refractivity contribution is 0.513. The number of aliphatic hydroxyl groups excluding tert-OH is 1. The molecule has 0 fully saturated rings. The van der Waals surface area contributed by atoms with Crippen LogP contribution in [0.15, 0.2) is 23.7 Å². The molecule has 1 aromatic rings. The second-order valence-corrected chi connectivity index (χ2v) is 3.10. The number of hydrogen-bond acceptors (Lipinski definition) is 1. The molecule has 3 heteroatoms. The van der Waals surface area contributed by atoms with Gasteiger partial charge in [0.15, 0.2) is 0 Å². The number of halogens is 2. The van der Waals surface area contributed by atoms with Gasteiger partial charge in [-0.1, -0.05) is 34.8 Å². The summed E-state index contributed by atoms with van der Waals surface area (Å²) in [5, 5.41) is 9.77. The molecule has 0 saturated heterocycles. The molecule has 0 bridgehead atoms. The van der Waals surface area contributed by atoms with Crippen LogP contribution in [0.2, 0.25) is 5.02 Å². The summed E-state index contributed by atoms with van der Waals surface area (Å²) >= 11 is 11.2. The first-order valence-corrected chi connectivity index (χ1v) is 4.22. The Hall–Kier alpha value is -0.660. The minimum Gasteiger partial charge on any atom is -0.506 e. The van der Waals surface area contributed by atoms with Gasteiger partial charge in [-0.05, 0) is 19.1 Å². The second kappa shape index (κ2) is 3.83. The number of aliphatic hydroxyl groups is 1. The molecule has 0 aliphatic rings. The first-order chi connectivity index (χ1) is 5.65. The molecule has 1 N–H and O–H groups in total. The standard InChI is InChI=1S/C9H8Cl2O/c1-6-2-3-8(11)7(4-6)9(12)5-10/h2-5,12H,1H3. The molecule has 12 heavy (non-hydrogen) atoms. The van der Waals surface area contributed by atoms with E-state index in [2.05, 4.69) is 0 Å². The van der Waals surface area contributed by atoms with Crippen molar-refractivity contribution in [1.82, 2.24) is 0 Å². The Kier molecular flexibility index (Phi) is 3.01. The topological polar surface area (TPSA) is 20.2 Å². The van der Waals surface area contributed by atoms with Gasteiger partial charge in [0.05, 0.1) is 5.02 Å². The minimum absolute atomic E-state index is 0.00892. The largest absolute Gasteiger partial charge is 0.506 e. The Morgan fingerprint density at radius 2 is 2.17 bits per heavy atom. The van der Waals surface area contributed by atoms with E-state index >= 15 is 0 Å². The van der Waals surface area contributed by atoms with E-state index in [0.717, 1.165) is 11.1 Å². The van der Waals surface area contributed by atoms with Crippen LogP contribution in [-0.2, 0) is 0 Å². The predicted molar refractivity (Wildman–Crippen MR) is 52.6 cm³/mol. The Labute approximate surface area is 81.2 Å². The van der Waals surface area contributed by atoms with E-state index in [4.69, 9.17) is 23.2 Å². The van der Waals surface area contributed by atoms with Crippen molar-refractivity contribution in [2.45, 2.75) is 6.92 Å². The first-order valence-electron chi connectivity index (χ1n) is 3.41. The molecule has 64 valence electrons. The molecule has 1 nitrogen and oxygen atoms in total. The third-order valence-electron chi connectivity index (χ3n) is 1.50. The highest BCUT2D eigenvalue weighted by molar-refractivity contribution is 6.33. The molecule has 0 aromatic heterocycles. The van der Waals surface area contributed by atoms with Crippen molar-refractivity contribution in [3.63, 3.8) is 0 Å². The van der Waals surface area contributed by atoms with E-state index in [1.54, 1.807) is 12.1 Å². The van der Waals surface area contributed by atoms with Crippen molar-refractivity contribution in [2.24, 2.45) is 0 Å². The summed E-state index contributed by atoms with van der Waals surface area (Å²) in [6.45, 7) is 1.92. The molecular formula is C9H8Cl2O. The van der Waals surface area contributed by atoms with Crippen molar-refractivity contribution in [2.75, 3.05) is 0 Å². The Balaban J connectivity index is 3.23. The van der Waals surface area contributed by atoms with Crippen molar-refractivity contribution < 1.29 is 5.11 Å². The average Bonchev–Trinajstić information content (AvgIpc) is 2.08. The van der Waals surface area contributed by atoms with Crippen molar-refractivity contribution in [1.29, 1.82) is 0 Å². The van der Waals surface area contributed by atoms with E-state index in [9.17, 15) is 5.11 Å². The maximum atomic E-state index is 9.28. The van der Waals surface area contributed by atoms with Crippen LogP contribution < -0.4 is 0 Å². The summed E-state index contributed by atoms with van der Waals surface area (Å²) in [7, 11) is 0. The fraction of sp³-hybridized carbons (Fsp3) is 0.111. The van der Waals surface area contributed by atoms with Gasteiger partial charge < -0.3 is 5.11 Å². The summed E-state index contributed by atoms with van der Waals surface area (Å²) in [4.78, 5) is 0. The third kappa shape index (κ3) is 1.93. The van der Waals surface area contributed by atoms with E-state index < -0.39 is 0 Å². The van der Waals surface area contributed by atoms with Crippen LogP contribution in [0.3, 0.4) is 0 Å². The monoisotopic (exact) mass is 202 g/mol. The molecule has 0 spiro atoms. The predicted octanol–water partition coefficient (Wildman–Crippen LogP) is 3.74. The highest BCUT2D eigenvalue weighted by Crippen LogP contribution is 2.23. The Bertz CT molecular complexity index is 318. The van der Waals surface area contributed by atoms with E-state index in [1.165, 1.54) is 0 Å². The van der Waals surface area contributed by atoms with Gasteiger partial charge in [0.25, 0.3) is 0 Å². The fourth-order valence-corrected chi connectivity index (χ4v) is 1.23. The van der Waals surface area contributed by atoms with Crippen LogP contribution in [0.4, 0.5) is 0 Å². The molecule has 0 unspecified atom stereocenters. The SMILES string of the molecule is Cc1ccc(Cl)c(C(O)=CCl)c1. The second-order valence-electron chi connectivity index (χ2n) is 2.48. The van der Waals surface area contributed by atoms with Gasteiger partial charge in [-0.25, -0.2) is 0 Å². The molecule has 0 saturated carbocycles. The zero-order valence-corrected chi connectivity index (χ0v) is 8.02. The number of benzene rings is 1. The molecule has 0 aliphatic heterocycles. The van der Waals surface area contributed by atoms with E-state index in [0.29, 0.717) is 10.6 Å². The molecular weight excluding hydrogens is 195 g/mol. The van der Waals surface area contributed by atoms with Gasteiger partial charge in [0.1, 0.15) is 5.76 Å². The summed E-state index contributed by atoms with van der Waals surface area (Å²) < 4.78 is 0. The summed E-state index contributed by atoms with van der Waals surface area (Å²) in [6.07, 6.45) is 0. The molecule has 0 amide bonds. The van der Waals surface area contributed by atoms with E-state index in [1.807, 2.05) is 13.0 Å². The third-order valence-corrected chi connectivity index (χ3v) is 2.04. The van der Waals surface area contributed by atoms with Crippen LogP contribution >= 0.6 is 23.2 Å². The van der Waals surface area contributed by atoms with Crippen LogP contribution in [0, 0.1) is 6.92 Å². The summed E-state index contributed by atoms with van der Waals surface area (Å²) in [6, 6.07) is 5.37. The zero-order chi connectivity index (χ0) is 9.14. The normalized spacial score (nSPS) is 11.8. The molecule has 1 aromatic carbocycles. The van der Waals surface area contributed by atoms with Crippen molar-refractivity contribution in [3.05, 3.63) is 39.9 Å². The Morgan fingerprint density at radius 3 is 2.75 bits per heavy atom. The smallest absolute Gasteiger partial charge is 0.135 e. The van der Waals surface area contributed by atoms with E-state index in [-0.39, 0.29) is 5.76 Å². The lowest BCUT2D eigenvalue weighted by atomic mass is 10.1. The van der Waals surface area contributed by atoms with Gasteiger partial charge in [0.2, 0.25) is 0 Å². The molecule has 0 radical (unpaired) electrons. The maximum Gasteiger partial charge on any atom is 0.135 e. The number of aryl methyl sites for hydroxylation is 1. The van der Waals surface area contributed by atoms with Crippen LogP contribution in [0.5, 0.6) is 0 Å². The highest BCUT2D eigenvalue weighted by Gasteiger charge is 2.03. The van der Waals surface area contributed by atoms with Gasteiger partial charge >= 0.3 is 0 Å². The number of rotatable bonds is 1. The summed E-state index contributed by atoms with van der Waals surface area (Å²) in [5.74, 6) is -0.00892. The number of hydrogen-bond donors (Lipinski definition) is 1. The Morgan fingerprint density at radius 1 is 1.50 bits per heavy atom. The molecule has 1 rings (SSSR count). The van der Waals surface area contributed by atoms with Crippen molar-refractivity contribution >= 4 is 29.0 Å². The van der Waals surface area contributed by atoms with Gasteiger partial charge in [0, 0.05) is 11.1 Å². The lowest BCUT2D eigenvalue weighted by Crippen LogP contribution is -1.84. The highest BCUT2D eigenvalue weighted by atomic mass is 35.5. The zero-order valence-electron chi connectivity index (χ0n) is 6.51. The van der Waals surface area contributed by atoms with Crippen LogP contribution in [-0.4, -0.2) is 5.11 Å². The van der Waals surface area contributed by atoms with Gasteiger partial charge in [-0.15, -0.1) is 0 Å². The van der Waals surface area contributed by atoms with Crippen LogP contribution in [0.25, 0.3) is 5.76 Å². The quantitative estimate of drug-likeness (QED) is 0.689. The maximum absolute atomic E-state index is 9.28. The van der Waals surface area contributed by atoms with Gasteiger partial charge in [-0.3, -0.25) is 0 Å². The first kappa shape index (κ1) is 9.43. The molecule has 0 aliphatic carbocycles. The molecule has 0 atom stereocenters. The molecule has 0 heterocycles. The fourth-order valence-electron chi connectivity index (χ4n) is 0.894. The van der Waals surface area contributed by atoms with Gasteiger partial charge in [-0.2, -0.15) is 0 Å².